The molecule has 1 aliphatic heterocycles. The van der Waals surface area contributed by atoms with E-state index in [2.05, 4.69) is 24.4 Å². The molecule has 0 saturated heterocycles. The van der Waals surface area contributed by atoms with E-state index >= 15 is 0 Å². The molecule has 2 rings (SSSR count). The van der Waals surface area contributed by atoms with Crippen LogP contribution in [0.5, 0.6) is 5.75 Å². The molecular weight excluding hydrogens is 186 g/mol. The molecule has 0 saturated carbocycles. The molecule has 1 aromatic rings. The fourth-order valence-corrected chi connectivity index (χ4v) is 1.71. The maximum atomic E-state index is 5.19. The first-order valence-corrected chi connectivity index (χ1v) is 4.22. The monoisotopic (exact) mass is 199 g/mol. The van der Waals surface area contributed by atoms with Crippen LogP contribution in [-0.2, 0) is 6.42 Å². The minimum Gasteiger partial charge on any atom is -0.497 e. The molecule has 1 N–H and O–H groups in total. The minimum atomic E-state index is 0. The Bertz CT molecular complexity index is 312. The van der Waals surface area contributed by atoms with Crippen molar-refractivity contribution >= 4 is 18.1 Å². The third-order valence-corrected chi connectivity index (χ3v) is 2.32. The number of methoxy groups -OCH3 is 1. The Morgan fingerprint density at radius 3 is 2.85 bits per heavy atom. The van der Waals surface area contributed by atoms with E-state index in [1.54, 1.807) is 7.11 Å². The predicted molar refractivity (Wildman–Crippen MR) is 57.2 cm³/mol. The van der Waals surface area contributed by atoms with Gasteiger partial charge in [0.25, 0.3) is 0 Å². The topological polar surface area (TPSA) is 21.3 Å². The number of fused-ring (bicyclic) bond motifs is 1. The molecule has 0 amide bonds. The van der Waals surface area contributed by atoms with Gasteiger partial charge in [0.2, 0.25) is 0 Å². The Kier molecular flexibility index (Phi) is 3.04. The second-order valence-corrected chi connectivity index (χ2v) is 3.16. The molecule has 72 valence electrons. The van der Waals surface area contributed by atoms with Crippen LogP contribution in [0, 0.1) is 6.92 Å². The smallest absolute Gasteiger partial charge is 0.119 e. The number of hydrogen-bond donors (Lipinski definition) is 1. The zero-order valence-electron chi connectivity index (χ0n) is 7.89. The van der Waals surface area contributed by atoms with Gasteiger partial charge in [0.15, 0.2) is 0 Å². The molecule has 2 nitrogen and oxygen atoms in total. The van der Waals surface area contributed by atoms with Crippen LogP contribution < -0.4 is 10.1 Å². The van der Waals surface area contributed by atoms with E-state index in [4.69, 9.17) is 4.74 Å². The van der Waals surface area contributed by atoms with E-state index in [-0.39, 0.29) is 12.4 Å². The SMILES string of the molecule is COc1cc(C)c2c(c1)CCN2.Cl. The summed E-state index contributed by atoms with van der Waals surface area (Å²) in [5.41, 5.74) is 3.96. The average Bonchev–Trinajstić information content (AvgIpc) is 2.52. The van der Waals surface area contributed by atoms with Gasteiger partial charge in [0.1, 0.15) is 5.75 Å². The first-order chi connectivity index (χ1) is 5.81. The standard InChI is InChI=1S/C10H13NO.ClH/c1-7-5-9(12-2)6-8-3-4-11-10(7)8;/h5-6,11H,3-4H2,1-2H3;1H. The van der Waals surface area contributed by atoms with Crippen molar-refractivity contribution in [3.05, 3.63) is 23.3 Å². The van der Waals surface area contributed by atoms with E-state index in [0.29, 0.717) is 0 Å². The Morgan fingerprint density at radius 1 is 1.38 bits per heavy atom. The van der Waals surface area contributed by atoms with Gasteiger partial charge in [-0.15, -0.1) is 12.4 Å². The van der Waals surface area contributed by atoms with Crippen molar-refractivity contribution in [1.82, 2.24) is 0 Å². The zero-order valence-corrected chi connectivity index (χ0v) is 8.70. The van der Waals surface area contributed by atoms with Crippen molar-refractivity contribution in [2.75, 3.05) is 19.0 Å². The molecule has 0 fully saturated rings. The van der Waals surface area contributed by atoms with E-state index in [1.165, 1.54) is 16.8 Å². The van der Waals surface area contributed by atoms with Crippen LogP contribution in [0.4, 0.5) is 5.69 Å². The van der Waals surface area contributed by atoms with Crippen LogP contribution in [0.3, 0.4) is 0 Å². The third-order valence-electron chi connectivity index (χ3n) is 2.32. The summed E-state index contributed by atoms with van der Waals surface area (Å²) in [5, 5.41) is 3.36. The summed E-state index contributed by atoms with van der Waals surface area (Å²) in [6, 6.07) is 4.18. The molecule has 1 aliphatic rings. The van der Waals surface area contributed by atoms with Gasteiger partial charge < -0.3 is 10.1 Å². The highest BCUT2D eigenvalue weighted by Gasteiger charge is 2.13. The van der Waals surface area contributed by atoms with Crippen LogP contribution in [-0.4, -0.2) is 13.7 Å². The van der Waals surface area contributed by atoms with E-state index in [9.17, 15) is 0 Å². The quantitative estimate of drug-likeness (QED) is 0.750. The highest BCUT2D eigenvalue weighted by molar-refractivity contribution is 5.85. The lowest BCUT2D eigenvalue weighted by Crippen LogP contribution is -1.93. The molecule has 0 spiro atoms. The lowest BCUT2D eigenvalue weighted by Gasteiger charge is -2.07. The molecule has 0 atom stereocenters. The number of nitrogens with one attached hydrogen (secondary N) is 1. The number of rotatable bonds is 1. The van der Waals surface area contributed by atoms with Crippen molar-refractivity contribution in [2.24, 2.45) is 0 Å². The van der Waals surface area contributed by atoms with Gasteiger partial charge in [-0.05, 0) is 36.6 Å². The number of benzene rings is 1. The summed E-state index contributed by atoms with van der Waals surface area (Å²) in [6.07, 6.45) is 1.12. The number of ether oxygens (including phenoxy) is 1. The Morgan fingerprint density at radius 2 is 2.15 bits per heavy atom. The lowest BCUT2D eigenvalue weighted by molar-refractivity contribution is 0.414. The Labute approximate surface area is 84.7 Å². The number of hydrogen-bond acceptors (Lipinski definition) is 2. The minimum absolute atomic E-state index is 0. The molecule has 13 heavy (non-hydrogen) atoms. The van der Waals surface area contributed by atoms with Gasteiger partial charge in [-0.25, -0.2) is 0 Å². The number of aryl methyl sites for hydroxylation is 1. The second-order valence-electron chi connectivity index (χ2n) is 3.16. The number of halogens is 1. The molecular formula is C10H14ClNO. The Hall–Kier alpha value is -0.890. The van der Waals surface area contributed by atoms with Crippen molar-refractivity contribution < 1.29 is 4.74 Å². The maximum Gasteiger partial charge on any atom is 0.119 e. The van der Waals surface area contributed by atoms with E-state index < -0.39 is 0 Å². The fourth-order valence-electron chi connectivity index (χ4n) is 1.71. The third kappa shape index (κ3) is 1.73. The maximum absolute atomic E-state index is 5.19. The van der Waals surface area contributed by atoms with Crippen LogP contribution >= 0.6 is 12.4 Å². The summed E-state index contributed by atoms with van der Waals surface area (Å²) in [6.45, 7) is 3.17. The van der Waals surface area contributed by atoms with Crippen LogP contribution in [0.1, 0.15) is 11.1 Å². The van der Waals surface area contributed by atoms with E-state index in [0.717, 1.165) is 18.7 Å². The molecule has 0 aliphatic carbocycles. The van der Waals surface area contributed by atoms with Crippen molar-refractivity contribution in [3.8, 4) is 5.75 Å². The molecule has 1 heterocycles. The molecule has 0 bridgehead atoms. The van der Waals surface area contributed by atoms with Gasteiger partial charge in [0, 0.05) is 12.2 Å². The summed E-state index contributed by atoms with van der Waals surface area (Å²) in [7, 11) is 1.71. The first-order valence-electron chi connectivity index (χ1n) is 4.22. The van der Waals surface area contributed by atoms with Crippen LogP contribution in [0.25, 0.3) is 0 Å². The Balaban J connectivity index is 0.000000845. The summed E-state index contributed by atoms with van der Waals surface area (Å²) in [4.78, 5) is 0. The average molecular weight is 200 g/mol. The van der Waals surface area contributed by atoms with Gasteiger partial charge in [-0.3, -0.25) is 0 Å². The van der Waals surface area contributed by atoms with Crippen molar-refractivity contribution in [2.45, 2.75) is 13.3 Å². The second kappa shape index (κ2) is 3.88. The molecule has 0 radical (unpaired) electrons. The first kappa shape index (κ1) is 10.2. The highest BCUT2D eigenvalue weighted by atomic mass is 35.5. The highest BCUT2D eigenvalue weighted by Crippen LogP contribution is 2.30. The summed E-state index contributed by atoms with van der Waals surface area (Å²) in [5.74, 6) is 0.968. The molecule has 0 unspecified atom stereocenters. The van der Waals surface area contributed by atoms with Gasteiger partial charge in [-0.2, -0.15) is 0 Å². The van der Waals surface area contributed by atoms with Gasteiger partial charge >= 0.3 is 0 Å². The van der Waals surface area contributed by atoms with Gasteiger partial charge in [0.05, 0.1) is 7.11 Å². The summed E-state index contributed by atoms with van der Waals surface area (Å²) < 4.78 is 5.19. The fraction of sp³-hybridized carbons (Fsp3) is 0.400. The van der Waals surface area contributed by atoms with Crippen molar-refractivity contribution in [1.29, 1.82) is 0 Å². The zero-order chi connectivity index (χ0) is 8.55. The lowest BCUT2D eigenvalue weighted by atomic mass is 10.1. The molecule has 0 aromatic heterocycles. The predicted octanol–water partition coefficient (Wildman–Crippen LogP) is 2.39. The van der Waals surface area contributed by atoms with E-state index in [1.807, 2.05) is 0 Å². The molecule has 1 aromatic carbocycles. The normalized spacial score (nSPS) is 12.8. The molecule has 3 heteroatoms. The summed E-state index contributed by atoms with van der Waals surface area (Å²) >= 11 is 0. The van der Waals surface area contributed by atoms with Crippen molar-refractivity contribution in [3.63, 3.8) is 0 Å². The van der Waals surface area contributed by atoms with Crippen LogP contribution in [0.2, 0.25) is 0 Å². The van der Waals surface area contributed by atoms with Crippen LogP contribution in [0.15, 0.2) is 12.1 Å². The van der Waals surface area contributed by atoms with Gasteiger partial charge in [-0.1, -0.05) is 0 Å². The number of anilines is 1. The largest absolute Gasteiger partial charge is 0.497 e.